The minimum absolute atomic E-state index is 0.135. The molecule has 1 aromatic rings. The number of nitrogens with one attached hydrogen (secondary N) is 1. The van der Waals surface area contributed by atoms with Crippen LogP contribution in [0.2, 0.25) is 0 Å². The van der Waals surface area contributed by atoms with E-state index >= 15 is 0 Å². The third-order valence-electron chi connectivity index (χ3n) is 3.23. The fraction of sp³-hybridized carbons (Fsp3) is 0.500. The van der Waals surface area contributed by atoms with Crippen LogP contribution in [-0.4, -0.2) is 6.04 Å². The molecule has 0 spiro atoms. The Hall–Kier alpha value is -0.890. The number of hydrogen-bond donors (Lipinski definition) is 1. The minimum Gasteiger partial charge on any atom is -0.310 e. The maximum Gasteiger partial charge on any atom is 0.123 e. The van der Waals surface area contributed by atoms with Gasteiger partial charge < -0.3 is 5.32 Å². The second-order valence-electron chi connectivity index (χ2n) is 4.86. The molecule has 87 valence electrons. The first-order valence-electron chi connectivity index (χ1n) is 5.98. The van der Waals surface area contributed by atoms with E-state index in [1.807, 2.05) is 13.8 Å². The van der Waals surface area contributed by atoms with Crippen LogP contribution in [0.4, 0.5) is 4.39 Å². The van der Waals surface area contributed by atoms with E-state index in [0.717, 1.165) is 23.6 Å². The molecule has 1 aliphatic carbocycles. The molecular formula is C14H19FN. The molecule has 0 bridgehead atoms. The Morgan fingerprint density at radius 3 is 2.62 bits per heavy atom. The lowest BCUT2D eigenvalue weighted by Gasteiger charge is -2.26. The van der Waals surface area contributed by atoms with E-state index in [-0.39, 0.29) is 5.82 Å². The number of benzene rings is 1. The maximum absolute atomic E-state index is 13.4. The van der Waals surface area contributed by atoms with Crippen LogP contribution >= 0.6 is 0 Å². The van der Waals surface area contributed by atoms with Crippen LogP contribution < -0.4 is 5.32 Å². The summed E-state index contributed by atoms with van der Waals surface area (Å²) in [5, 5.41) is 3.45. The molecule has 1 fully saturated rings. The maximum atomic E-state index is 13.4. The predicted octanol–water partition coefficient (Wildman–Crippen LogP) is 3.43. The van der Waals surface area contributed by atoms with Gasteiger partial charge in [-0.1, -0.05) is 26.3 Å². The summed E-state index contributed by atoms with van der Waals surface area (Å²) < 4.78 is 13.4. The normalized spacial score (nSPS) is 16.5. The molecule has 2 heteroatoms. The zero-order valence-electron chi connectivity index (χ0n) is 10.0. The number of halogens is 1. The van der Waals surface area contributed by atoms with Crippen LogP contribution in [0.3, 0.4) is 0 Å². The largest absolute Gasteiger partial charge is 0.310 e. The molecule has 1 saturated carbocycles. The van der Waals surface area contributed by atoms with Gasteiger partial charge in [0, 0.05) is 12.6 Å². The lowest BCUT2D eigenvalue weighted by Crippen LogP contribution is -2.34. The van der Waals surface area contributed by atoms with Gasteiger partial charge in [-0.2, -0.15) is 0 Å². The Bertz CT molecular complexity index is 356. The van der Waals surface area contributed by atoms with Crippen LogP contribution in [0.5, 0.6) is 0 Å². The molecule has 1 nitrogen and oxygen atoms in total. The van der Waals surface area contributed by atoms with E-state index in [0.29, 0.717) is 6.04 Å². The fourth-order valence-electron chi connectivity index (χ4n) is 1.92. The molecule has 0 aromatic heterocycles. The third kappa shape index (κ3) is 2.82. The minimum atomic E-state index is -0.135. The molecule has 0 unspecified atom stereocenters. The molecule has 0 atom stereocenters. The Morgan fingerprint density at radius 1 is 1.31 bits per heavy atom. The van der Waals surface area contributed by atoms with Crippen LogP contribution in [0.15, 0.2) is 18.2 Å². The molecule has 0 heterocycles. The van der Waals surface area contributed by atoms with Crippen molar-refractivity contribution in [2.45, 2.75) is 45.7 Å². The molecular weight excluding hydrogens is 201 g/mol. The highest BCUT2D eigenvalue weighted by Gasteiger charge is 2.16. The average molecular weight is 220 g/mol. The first kappa shape index (κ1) is 11.6. The second kappa shape index (κ2) is 4.96. The molecule has 0 saturated heterocycles. The molecule has 1 aromatic carbocycles. The van der Waals surface area contributed by atoms with E-state index in [4.69, 9.17) is 0 Å². The van der Waals surface area contributed by atoms with Crippen molar-refractivity contribution in [3.05, 3.63) is 41.1 Å². The third-order valence-corrected chi connectivity index (χ3v) is 3.23. The van der Waals surface area contributed by atoms with E-state index in [2.05, 4.69) is 11.4 Å². The van der Waals surface area contributed by atoms with E-state index in [1.165, 1.54) is 19.3 Å². The van der Waals surface area contributed by atoms with Crippen molar-refractivity contribution in [1.82, 2.24) is 5.32 Å². The van der Waals surface area contributed by atoms with Crippen LogP contribution in [-0.2, 0) is 6.54 Å². The van der Waals surface area contributed by atoms with E-state index in [9.17, 15) is 4.39 Å². The summed E-state index contributed by atoms with van der Waals surface area (Å²) in [5.41, 5.74) is 2.05. The van der Waals surface area contributed by atoms with Gasteiger partial charge in [0.2, 0.25) is 0 Å². The van der Waals surface area contributed by atoms with Gasteiger partial charge in [-0.05, 0) is 42.0 Å². The Balaban J connectivity index is 2.01. The highest BCUT2D eigenvalue weighted by Crippen LogP contribution is 2.20. The molecule has 1 radical (unpaired) electrons. The van der Waals surface area contributed by atoms with Crippen molar-refractivity contribution >= 4 is 0 Å². The van der Waals surface area contributed by atoms with Crippen molar-refractivity contribution in [2.75, 3.05) is 0 Å². The molecule has 0 aliphatic heterocycles. The van der Waals surface area contributed by atoms with Crippen molar-refractivity contribution in [1.29, 1.82) is 0 Å². The van der Waals surface area contributed by atoms with Crippen molar-refractivity contribution < 1.29 is 4.39 Å². The van der Waals surface area contributed by atoms with Gasteiger partial charge in [-0.25, -0.2) is 4.39 Å². The summed E-state index contributed by atoms with van der Waals surface area (Å²) in [7, 11) is 0. The molecule has 1 aliphatic rings. The van der Waals surface area contributed by atoms with Gasteiger partial charge in [0.15, 0.2) is 0 Å². The summed E-state index contributed by atoms with van der Waals surface area (Å²) in [6, 6.07) is 5.95. The number of hydrogen-bond acceptors (Lipinski definition) is 1. The topological polar surface area (TPSA) is 12.0 Å². The quantitative estimate of drug-likeness (QED) is 0.819. The van der Waals surface area contributed by atoms with Crippen molar-refractivity contribution in [3.63, 3.8) is 0 Å². The van der Waals surface area contributed by atoms with Crippen LogP contribution in [0.1, 0.15) is 44.2 Å². The first-order chi connectivity index (χ1) is 7.65. The van der Waals surface area contributed by atoms with Gasteiger partial charge in [-0.3, -0.25) is 0 Å². The fourth-order valence-corrected chi connectivity index (χ4v) is 1.92. The van der Waals surface area contributed by atoms with Gasteiger partial charge in [0.05, 0.1) is 0 Å². The van der Waals surface area contributed by atoms with Crippen molar-refractivity contribution in [2.24, 2.45) is 0 Å². The standard InChI is InChI=1S/C14H19FN/c1-10(2)12-6-11(7-13(15)8-12)9-16-14-4-3-5-14/h6-8,14,16H,3-5,9H2,1-2H3. The molecule has 16 heavy (non-hydrogen) atoms. The highest BCUT2D eigenvalue weighted by molar-refractivity contribution is 5.33. The summed E-state index contributed by atoms with van der Waals surface area (Å²) in [5.74, 6) is 1.02. The average Bonchev–Trinajstić information content (AvgIpc) is 2.14. The zero-order chi connectivity index (χ0) is 11.5. The Morgan fingerprint density at radius 2 is 2.06 bits per heavy atom. The van der Waals surface area contributed by atoms with E-state index < -0.39 is 0 Å². The van der Waals surface area contributed by atoms with Gasteiger partial charge >= 0.3 is 0 Å². The highest BCUT2D eigenvalue weighted by atomic mass is 19.1. The zero-order valence-corrected chi connectivity index (χ0v) is 10.0. The second-order valence-corrected chi connectivity index (χ2v) is 4.86. The SMILES string of the molecule is C[C](C)c1cc(F)cc(CNC2CCC2)c1. The summed E-state index contributed by atoms with van der Waals surface area (Å²) in [6.07, 6.45) is 3.86. The Kier molecular flexibility index (Phi) is 3.59. The van der Waals surface area contributed by atoms with Gasteiger partial charge in [0.1, 0.15) is 5.82 Å². The van der Waals surface area contributed by atoms with Gasteiger partial charge in [-0.15, -0.1) is 0 Å². The van der Waals surface area contributed by atoms with E-state index in [1.54, 1.807) is 12.1 Å². The smallest absolute Gasteiger partial charge is 0.123 e. The van der Waals surface area contributed by atoms with Crippen molar-refractivity contribution in [3.8, 4) is 0 Å². The molecule has 2 rings (SSSR count). The summed E-state index contributed by atoms with van der Waals surface area (Å²) in [4.78, 5) is 0. The lowest BCUT2D eigenvalue weighted by molar-refractivity contribution is 0.338. The van der Waals surface area contributed by atoms with Gasteiger partial charge in [0.25, 0.3) is 0 Å². The Labute approximate surface area is 97.1 Å². The molecule has 0 amide bonds. The molecule has 1 N–H and O–H groups in total. The summed E-state index contributed by atoms with van der Waals surface area (Å²) in [6.45, 7) is 4.80. The monoisotopic (exact) mass is 220 g/mol. The number of rotatable bonds is 4. The summed E-state index contributed by atoms with van der Waals surface area (Å²) >= 11 is 0. The van der Waals surface area contributed by atoms with Crippen LogP contribution in [0, 0.1) is 11.7 Å². The first-order valence-corrected chi connectivity index (χ1v) is 5.98. The lowest BCUT2D eigenvalue weighted by atomic mass is 9.93. The van der Waals surface area contributed by atoms with Crippen LogP contribution in [0.25, 0.3) is 0 Å². The predicted molar refractivity (Wildman–Crippen MR) is 64.6 cm³/mol.